The van der Waals surface area contributed by atoms with Crippen molar-refractivity contribution < 1.29 is 37.4 Å². The smallest absolute Gasteiger partial charge is 0.387 e. The van der Waals surface area contributed by atoms with Gasteiger partial charge in [0.1, 0.15) is 17.1 Å². The molecule has 0 unspecified atom stereocenters. The van der Waals surface area contributed by atoms with Gasteiger partial charge in [0.15, 0.2) is 11.5 Å². The molecule has 4 N–H and O–H groups in total. The van der Waals surface area contributed by atoms with Crippen LogP contribution < -0.4 is 20.5 Å². The van der Waals surface area contributed by atoms with E-state index in [0.29, 0.717) is 29.5 Å². The molecule has 1 amide bonds. The van der Waals surface area contributed by atoms with Gasteiger partial charge in [-0.3, -0.25) is 14.6 Å². The fourth-order valence-electron chi connectivity index (χ4n) is 3.16. The number of ether oxygens (including phenoxy) is 2. The first-order valence-corrected chi connectivity index (χ1v) is 12.4. The van der Waals surface area contributed by atoms with Gasteiger partial charge in [0.25, 0.3) is 5.91 Å². The molecule has 1 atom stereocenters. The maximum Gasteiger partial charge on any atom is 0.387 e. The van der Waals surface area contributed by atoms with Gasteiger partial charge in [-0.15, -0.1) is 24.8 Å². The van der Waals surface area contributed by atoms with Crippen LogP contribution in [0.5, 0.6) is 11.5 Å². The minimum Gasteiger partial charge on any atom is -0.489 e. The number of carboxylic acid groups (broad SMARTS) is 1. The third kappa shape index (κ3) is 11.1. The molecular weight excluding hydrogens is 585 g/mol. The molecule has 1 aliphatic carbocycles. The maximum atomic E-state index is 12.8. The van der Waals surface area contributed by atoms with E-state index in [1.807, 2.05) is 0 Å². The van der Waals surface area contributed by atoms with Gasteiger partial charge in [-0.25, -0.2) is 4.98 Å². The number of aromatic nitrogens is 2. The highest BCUT2D eigenvalue weighted by Gasteiger charge is 2.24. The molecule has 0 saturated heterocycles. The second kappa shape index (κ2) is 16.7. The Morgan fingerprint density at radius 2 is 1.83 bits per heavy atom. The predicted molar refractivity (Wildman–Crippen MR) is 152 cm³/mol. The molecule has 4 rings (SSSR count). The standard InChI is InChI=1S/C23H24F2N4O4.C4H8O2.2ClH/c1-13(26)20-17(11-28-21(30)16-4-2-3-9-27-16)29-22(33-20)15-7-8-18(32-23(24)25)19(10-15)31-12-14-5-6-14;1-3(2)4(5)6;;/h2-4,7-10,13-14,23H,5-6,11-12,26H2,1H3,(H,28,30);3H,1-2H3,(H,5,6);2*1H/t13-;;;/m0.../s1. The number of benzene rings is 1. The lowest BCUT2D eigenvalue weighted by molar-refractivity contribution is -0.140. The summed E-state index contributed by atoms with van der Waals surface area (Å²) < 4.78 is 41.8. The van der Waals surface area contributed by atoms with Crippen LogP contribution in [0.15, 0.2) is 47.0 Å². The van der Waals surface area contributed by atoms with Gasteiger partial charge in [-0.1, -0.05) is 19.9 Å². The molecule has 1 aromatic carbocycles. The molecule has 0 aliphatic heterocycles. The van der Waals surface area contributed by atoms with E-state index < -0.39 is 18.6 Å². The second-order valence-electron chi connectivity index (χ2n) is 9.30. The largest absolute Gasteiger partial charge is 0.489 e. The van der Waals surface area contributed by atoms with Crippen LogP contribution in [-0.2, 0) is 11.3 Å². The lowest BCUT2D eigenvalue weighted by atomic mass is 10.2. The van der Waals surface area contributed by atoms with Crippen LogP contribution in [0, 0.1) is 11.8 Å². The van der Waals surface area contributed by atoms with Crippen LogP contribution in [0.1, 0.15) is 61.6 Å². The van der Waals surface area contributed by atoms with Crippen molar-refractivity contribution in [3.05, 3.63) is 59.7 Å². The summed E-state index contributed by atoms with van der Waals surface area (Å²) in [5.41, 5.74) is 7.27. The third-order valence-corrected chi connectivity index (χ3v) is 5.53. The number of halogens is 4. The summed E-state index contributed by atoms with van der Waals surface area (Å²) in [4.78, 5) is 30.5. The first-order chi connectivity index (χ1) is 18.5. The Hall–Kier alpha value is -3.48. The summed E-state index contributed by atoms with van der Waals surface area (Å²) in [5, 5.41) is 10.7. The summed E-state index contributed by atoms with van der Waals surface area (Å²) >= 11 is 0. The van der Waals surface area contributed by atoms with Crippen molar-refractivity contribution >= 4 is 36.7 Å². The summed E-state index contributed by atoms with van der Waals surface area (Å²) in [7, 11) is 0. The van der Waals surface area contributed by atoms with Crippen LogP contribution in [0.25, 0.3) is 11.5 Å². The summed E-state index contributed by atoms with van der Waals surface area (Å²) in [5.74, 6) is -0.153. The molecule has 2 aromatic heterocycles. The van der Waals surface area contributed by atoms with Crippen LogP contribution in [-0.4, -0.2) is 40.2 Å². The first kappa shape index (κ1) is 35.5. The Balaban J connectivity index is 0.000000952. The van der Waals surface area contributed by atoms with Crippen LogP contribution >= 0.6 is 24.8 Å². The Morgan fingerprint density at radius 3 is 2.37 bits per heavy atom. The van der Waals surface area contributed by atoms with Crippen molar-refractivity contribution in [1.29, 1.82) is 0 Å². The van der Waals surface area contributed by atoms with Gasteiger partial charge in [0, 0.05) is 11.8 Å². The highest BCUT2D eigenvalue weighted by Crippen LogP contribution is 2.37. The Bertz CT molecular complexity index is 1260. The first-order valence-electron chi connectivity index (χ1n) is 12.4. The Kier molecular flexibility index (Phi) is 14.5. The fourth-order valence-corrected chi connectivity index (χ4v) is 3.16. The quantitative estimate of drug-likeness (QED) is 0.248. The minimum atomic E-state index is -2.97. The number of rotatable bonds is 11. The van der Waals surface area contributed by atoms with Crippen LogP contribution in [0.3, 0.4) is 0 Å². The topological polar surface area (TPSA) is 150 Å². The molecule has 0 spiro atoms. The molecule has 41 heavy (non-hydrogen) atoms. The molecule has 0 radical (unpaired) electrons. The van der Waals surface area contributed by atoms with Crippen molar-refractivity contribution in [2.45, 2.75) is 52.8 Å². The van der Waals surface area contributed by atoms with Crippen molar-refractivity contribution in [3.63, 3.8) is 0 Å². The minimum absolute atomic E-state index is 0. The van der Waals surface area contributed by atoms with E-state index >= 15 is 0 Å². The van der Waals surface area contributed by atoms with Crippen LogP contribution in [0.4, 0.5) is 8.78 Å². The second-order valence-corrected chi connectivity index (χ2v) is 9.30. The Labute approximate surface area is 248 Å². The number of nitrogens with zero attached hydrogens (tertiary/aromatic N) is 2. The van der Waals surface area contributed by atoms with Crippen molar-refractivity contribution in [1.82, 2.24) is 15.3 Å². The highest BCUT2D eigenvalue weighted by molar-refractivity contribution is 5.92. The molecule has 2 heterocycles. The predicted octanol–water partition coefficient (Wildman–Crippen LogP) is 5.65. The van der Waals surface area contributed by atoms with E-state index in [-0.39, 0.29) is 66.3 Å². The normalized spacial score (nSPS) is 12.8. The number of hydrogen-bond acceptors (Lipinski definition) is 8. The van der Waals surface area contributed by atoms with Gasteiger partial charge in [0.2, 0.25) is 5.89 Å². The van der Waals surface area contributed by atoms with E-state index in [2.05, 4.69) is 20.0 Å². The number of nitrogens with one attached hydrogen (secondary N) is 1. The number of nitrogens with two attached hydrogens (primary N) is 1. The van der Waals surface area contributed by atoms with Gasteiger partial charge in [-0.05, 0) is 56.0 Å². The zero-order valence-corrected chi connectivity index (χ0v) is 24.3. The van der Waals surface area contributed by atoms with E-state index in [0.717, 1.165) is 12.8 Å². The lowest BCUT2D eigenvalue weighted by Gasteiger charge is -2.12. The summed E-state index contributed by atoms with van der Waals surface area (Å²) in [6.07, 6.45) is 3.63. The number of oxazole rings is 1. The third-order valence-electron chi connectivity index (χ3n) is 5.53. The number of carbonyl (C=O) groups is 2. The zero-order chi connectivity index (χ0) is 28.5. The molecule has 226 valence electrons. The van der Waals surface area contributed by atoms with Gasteiger partial charge in [-0.2, -0.15) is 8.78 Å². The Morgan fingerprint density at radius 1 is 1.15 bits per heavy atom. The fraction of sp³-hybridized carbons (Fsp3) is 0.407. The average molecular weight is 619 g/mol. The molecule has 1 fully saturated rings. The van der Waals surface area contributed by atoms with E-state index in [9.17, 15) is 18.4 Å². The number of pyridine rings is 1. The molecule has 1 saturated carbocycles. The van der Waals surface area contributed by atoms with E-state index in [1.165, 1.54) is 12.3 Å². The van der Waals surface area contributed by atoms with Crippen molar-refractivity contribution in [2.75, 3.05) is 6.61 Å². The highest BCUT2D eigenvalue weighted by atomic mass is 35.5. The summed E-state index contributed by atoms with van der Waals surface area (Å²) in [6.45, 7) is 2.54. The van der Waals surface area contributed by atoms with E-state index in [1.54, 1.807) is 51.1 Å². The van der Waals surface area contributed by atoms with Gasteiger partial charge in [0.05, 0.1) is 25.1 Å². The molecule has 1 aliphatic rings. The monoisotopic (exact) mass is 618 g/mol. The lowest BCUT2D eigenvalue weighted by Crippen LogP contribution is -2.24. The number of amides is 1. The molecule has 3 aromatic rings. The van der Waals surface area contributed by atoms with Gasteiger partial charge < -0.3 is 30.0 Å². The number of aliphatic carboxylic acids is 1. The number of carboxylic acids is 1. The number of carbonyl (C=O) groups excluding carboxylic acids is 1. The summed E-state index contributed by atoms with van der Waals surface area (Å²) in [6, 6.07) is 9.04. The molecular formula is C27H34Cl2F2N4O6. The average Bonchev–Trinajstić information content (AvgIpc) is 3.63. The number of hydrogen-bond donors (Lipinski definition) is 3. The SMILES string of the molecule is CC(C)C(=O)O.C[C@H](N)c1oc(-c2ccc(OC(F)F)c(OCC3CC3)c2)nc1CNC(=O)c1ccccn1.Cl.Cl. The van der Waals surface area contributed by atoms with Crippen molar-refractivity contribution in [2.24, 2.45) is 17.6 Å². The zero-order valence-electron chi connectivity index (χ0n) is 22.7. The van der Waals surface area contributed by atoms with Crippen molar-refractivity contribution in [3.8, 4) is 23.0 Å². The molecule has 10 nitrogen and oxygen atoms in total. The van der Waals surface area contributed by atoms with E-state index in [4.69, 9.17) is 20.0 Å². The maximum absolute atomic E-state index is 12.8. The molecule has 0 bridgehead atoms. The number of alkyl halides is 2. The van der Waals surface area contributed by atoms with Gasteiger partial charge >= 0.3 is 12.6 Å². The van der Waals surface area contributed by atoms with Crippen LogP contribution in [0.2, 0.25) is 0 Å². The molecule has 14 heteroatoms.